The van der Waals surface area contributed by atoms with Crippen LogP contribution in [0.25, 0.3) is 11.6 Å². The molecule has 0 saturated heterocycles. The van der Waals surface area contributed by atoms with Crippen LogP contribution in [0.5, 0.6) is 23.0 Å². The fourth-order valence-corrected chi connectivity index (χ4v) is 3.14. The van der Waals surface area contributed by atoms with E-state index in [1.54, 1.807) is 66.7 Å². The fourth-order valence-electron chi connectivity index (χ4n) is 3.02. The first kappa shape index (κ1) is 20.3. The zero-order valence-electron chi connectivity index (χ0n) is 16.4. The molecule has 0 fully saturated rings. The molecule has 0 atom stereocenters. The van der Waals surface area contributed by atoms with Gasteiger partial charge in [-0.3, -0.25) is 0 Å². The number of hydrogen-bond acceptors (Lipinski definition) is 6. The Bertz CT molecular complexity index is 1210. The van der Waals surface area contributed by atoms with Crippen molar-refractivity contribution < 1.29 is 23.7 Å². The molecule has 31 heavy (non-hydrogen) atoms. The topological polar surface area (TPSA) is 77.8 Å². The first-order chi connectivity index (χ1) is 15.1. The van der Waals surface area contributed by atoms with Crippen molar-refractivity contribution in [2.75, 3.05) is 13.9 Å². The molecule has 1 aliphatic rings. The Kier molecular flexibility index (Phi) is 5.78. The maximum atomic E-state index is 12.6. The van der Waals surface area contributed by atoms with Gasteiger partial charge in [0.2, 0.25) is 6.79 Å². The lowest BCUT2D eigenvalue weighted by molar-refractivity contribution is 0.0729. The molecule has 1 aliphatic heterocycles. The molecule has 0 bridgehead atoms. The van der Waals surface area contributed by atoms with Crippen LogP contribution in [0, 0.1) is 11.3 Å². The molecule has 0 unspecified atom stereocenters. The lowest BCUT2D eigenvalue weighted by Crippen LogP contribution is -2.09. The van der Waals surface area contributed by atoms with Crippen LogP contribution in [-0.4, -0.2) is 19.9 Å². The second-order valence-electron chi connectivity index (χ2n) is 6.54. The number of benzene rings is 3. The molecule has 1 heterocycles. The Hall–Kier alpha value is -3.95. The number of hydrogen-bond donors (Lipinski definition) is 0. The van der Waals surface area contributed by atoms with Crippen LogP contribution < -0.4 is 18.9 Å². The molecular weight excluding hydrogens is 418 g/mol. The van der Waals surface area contributed by atoms with Gasteiger partial charge in [-0.2, -0.15) is 5.26 Å². The summed E-state index contributed by atoms with van der Waals surface area (Å²) in [5.41, 5.74) is 2.24. The molecule has 7 heteroatoms. The number of nitriles is 1. The van der Waals surface area contributed by atoms with Crippen LogP contribution in [0.2, 0.25) is 5.02 Å². The highest BCUT2D eigenvalue weighted by molar-refractivity contribution is 6.30. The Morgan fingerprint density at radius 1 is 1.00 bits per heavy atom. The SMILES string of the molecule is COc1cc(/C=C(/C#N)c2ccc(Cl)cc2)ccc1OC(=O)c1ccc2c(c1)OCO2. The largest absolute Gasteiger partial charge is 0.493 e. The highest BCUT2D eigenvalue weighted by Gasteiger charge is 2.18. The third-order valence-corrected chi connectivity index (χ3v) is 4.84. The lowest BCUT2D eigenvalue weighted by Gasteiger charge is -2.10. The van der Waals surface area contributed by atoms with E-state index in [4.69, 9.17) is 30.5 Å². The van der Waals surface area contributed by atoms with Gasteiger partial charge in [0.1, 0.15) is 0 Å². The summed E-state index contributed by atoms with van der Waals surface area (Å²) in [6.07, 6.45) is 1.72. The highest BCUT2D eigenvalue weighted by atomic mass is 35.5. The fraction of sp³-hybridized carbons (Fsp3) is 0.0833. The zero-order chi connectivity index (χ0) is 21.8. The number of fused-ring (bicyclic) bond motifs is 1. The Balaban J connectivity index is 1.57. The van der Waals surface area contributed by atoms with E-state index in [1.807, 2.05) is 0 Å². The van der Waals surface area contributed by atoms with E-state index >= 15 is 0 Å². The van der Waals surface area contributed by atoms with Gasteiger partial charge in [0, 0.05) is 5.02 Å². The standard InChI is InChI=1S/C24H16ClNO5/c1-28-22-11-15(10-18(13-26)16-3-6-19(25)7-4-16)2-8-21(22)31-24(27)17-5-9-20-23(12-17)30-14-29-20/h2-12H,14H2,1H3/b18-10-. The normalized spacial score (nSPS) is 12.2. The van der Waals surface area contributed by atoms with E-state index in [-0.39, 0.29) is 12.5 Å². The van der Waals surface area contributed by atoms with Gasteiger partial charge in [0.25, 0.3) is 0 Å². The predicted octanol–water partition coefficient (Wildman–Crippen LogP) is 5.36. The van der Waals surface area contributed by atoms with Crippen LogP contribution in [0.3, 0.4) is 0 Å². The van der Waals surface area contributed by atoms with Gasteiger partial charge in [-0.05, 0) is 59.7 Å². The summed E-state index contributed by atoms with van der Waals surface area (Å²) in [5, 5.41) is 10.1. The lowest BCUT2D eigenvalue weighted by atomic mass is 10.0. The van der Waals surface area contributed by atoms with Crippen molar-refractivity contribution >= 4 is 29.2 Å². The molecule has 0 amide bonds. The van der Waals surface area contributed by atoms with E-state index in [9.17, 15) is 10.1 Å². The van der Waals surface area contributed by atoms with Crippen molar-refractivity contribution in [3.63, 3.8) is 0 Å². The van der Waals surface area contributed by atoms with Crippen molar-refractivity contribution in [2.45, 2.75) is 0 Å². The summed E-state index contributed by atoms with van der Waals surface area (Å²) in [5.74, 6) is 1.13. The highest BCUT2D eigenvalue weighted by Crippen LogP contribution is 2.34. The Morgan fingerprint density at radius 2 is 1.74 bits per heavy atom. The molecule has 0 aliphatic carbocycles. The molecule has 0 saturated carbocycles. The average molecular weight is 434 g/mol. The maximum absolute atomic E-state index is 12.6. The number of esters is 1. The number of ether oxygens (including phenoxy) is 4. The van der Waals surface area contributed by atoms with Gasteiger partial charge in [-0.25, -0.2) is 4.79 Å². The quantitative estimate of drug-likeness (QED) is 0.233. The summed E-state index contributed by atoms with van der Waals surface area (Å²) >= 11 is 5.92. The molecule has 0 spiro atoms. The summed E-state index contributed by atoms with van der Waals surface area (Å²) in [6, 6.07) is 19.0. The van der Waals surface area contributed by atoms with Crippen LogP contribution in [0.1, 0.15) is 21.5 Å². The summed E-state index contributed by atoms with van der Waals surface area (Å²) in [7, 11) is 1.48. The van der Waals surface area contributed by atoms with Crippen LogP contribution in [0.15, 0.2) is 60.7 Å². The van der Waals surface area contributed by atoms with Crippen molar-refractivity contribution in [2.24, 2.45) is 0 Å². The van der Waals surface area contributed by atoms with Crippen molar-refractivity contribution in [3.05, 3.63) is 82.4 Å². The third kappa shape index (κ3) is 4.47. The molecule has 3 aromatic carbocycles. The van der Waals surface area contributed by atoms with Crippen LogP contribution in [-0.2, 0) is 0 Å². The first-order valence-electron chi connectivity index (χ1n) is 9.25. The number of allylic oxidation sites excluding steroid dienone is 1. The Labute approximate surface area is 183 Å². The van der Waals surface area contributed by atoms with E-state index in [1.165, 1.54) is 7.11 Å². The van der Waals surface area contributed by atoms with Crippen LogP contribution in [0.4, 0.5) is 0 Å². The smallest absolute Gasteiger partial charge is 0.343 e. The predicted molar refractivity (Wildman–Crippen MR) is 115 cm³/mol. The van der Waals surface area contributed by atoms with E-state index in [2.05, 4.69) is 6.07 Å². The molecule has 6 nitrogen and oxygen atoms in total. The van der Waals surface area contributed by atoms with Gasteiger partial charge in [-0.15, -0.1) is 0 Å². The minimum absolute atomic E-state index is 0.122. The zero-order valence-corrected chi connectivity index (χ0v) is 17.2. The first-order valence-corrected chi connectivity index (χ1v) is 9.63. The van der Waals surface area contributed by atoms with Crippen LogP contribution >= 0.6 is 11.6 Å². The number of carbonyl (C=O) groups excluding carboxylic acids is 1. The van der Waals surface area contributed by atoms with Crippen molar-refractivity contribution in [1.29, 1.82) is 5.26 Å². The molecule has 154 valence electrons. The summed E-state index contributed by atoms with van der Waals surface area (Å²) in [6.45, 7) is 0.122. The van der Waals surface area contributed by atoms with Gasteiger partial charge in [0.05, 0.1) is 24.3 Å². The number of methoxy groups -OCH3 is 1. The molecule has 4 rings (SSSR count). The molecule has 3 aromatic rings. The van der Waals surface area contributed by atoms with Gasteiger partial charge < -0.3 is 18.9 Å². The molecular formula is C24H16ClNO5. The third-order valence-electron chi connectivity index (χ3n) is 4.59. The average Bonchev–Trinajstić information content (AvgIpc) is 3.27. The monoisotopic (exact) mass is 433 g/mol. The van der Waals surface area contributed by atoms with Crippen molar-refractivity contribution in [3.8, 4) is 29.1 Å². The molecule has 0 aromatic heterocycles. The van der Waals surface area contributed by atoms with Gasteiger partial charge in [0.15, 0.2) is 23.0 Å². The number of nitrogens with zero attached hydrogens (tertiary/aromatic N) is 1. The molecule has 0 N–H and O–H groups in total. The summed E-state index contributed by atoms with van der Waals surface area (Å²) < 4.78 is 21.4. The minimum Gasteiger partial charge on any atom is -0.493 e. The second-order valence-corrected chi connectivity index (χ2v) is 6.98. The number of rotatable bonds is 5. The Morgan fingerprint density at radius 3 is 2.48 bits per heavy atom. The summed E-state index contributed by atoms with van der Waals surface area (Å²) in [4.78, 5) is 12.6. The van der Waals surface area contributed by atoms with E-state index in [0.717, 1.165) is 5.56 Å². The van der Waals surface area contributed by atoms with E-state index in [0.29, 0.717) is 39.0 Å². The van der Waals surface area contributed by atoms with Crippen molar-refractivity contribution in [1.82, 2.24) is 0 Å². The second kappa shape index (κ2) is 8.82. The number of carbonyl (C=O) groups is 1. The van der Waals surface area contributed by atoms with Gasteiger partial charge >= 0.3 is 5.97 Å². The van der Waals surface area contributed by atoms with E-state index < -0.39 is 5.97 Å². The maximum Gasteiger partial charge on any atom is 0.343 e. The minimum atomic E-state index is -0.557. The number of halogens is 1. The van der Waals surface area contributed by atoms with Gasteiger partial charge in [-0.1, -0.05) is 29.8 Å². The molecule has 0 radical (unpaired) electrons.